The molecule has 0 amide bonds. The summed E-state index contributed by atoms with van der Waals surface area (Å²) in [5.74, 6) is 1.41. The van der Waals surface area contributed by atoms with E-state index in [1.165, 1.54) is 0 Å². The van der Waals surface area contributed by atoms with Crippen LogP contribution in [0.5, 0.6) is 5.75 Å². The third kappa shape index (κ3) is 3.71. The number of fused-ring (bicyclic) bond motifs is 4. The Hall–Kier alpha value is -5.69. The summed E-state index contributed by atoms with van der Waals surface area (Å²) in [4.78, 5) is 9.95. The predicted molar refractivity (Wildman–Crippen MR) is 160 cm³/mol. The summed E-state index contributed by atoms with van der Waals surface area (Å²) in [5, 5.41) is 18.6. The highest BCUT2D eigenvalue weighted by Gasteiger charge is 2.26. The fourth-order valence-corrected chi connectivity index (χ4v) is 5.68. The molecular weight excluding hydrogens is 510 g/mol. The van der Waals surface area contributed by atoms with Crippen LogP contribution < -0.4 is 0 Å². The van der Waals surface area contributed by atoms with Crippen LogP contribution in [0.1, 0.15) is 5.76 Å². The maximum absolute atomic E-state index is 11.2. The van der Waals surface area contributed by atoms with E-state index in [2.05, 4.69) is 28.8 Å². The molecule has 0 unspecified atom stereocenters. The van der Waals surface area contributed by atoms with Crippen LogP contribution in [0, 0.1) is 0 Å². The Bertz CT molecular complexity index is 2180. The Balaban J connectivity index is 1.46. The van der Waals surface area contributed by atoms with E-state index in [4.69, 9.17) is 19.5 Å². The van der Waals surface area contributed by atoms with Gasteiger partial charge in [-0.15, -0.1) is 5.10 Å². The van der Waals surface area contributed by atoms with Crippen molar-refractivity contribution in [3.63, 3.8) is 0 Å². The number of phenols is 1. The summed E-state index contributed by atoms with van der Waals surface area (Å²) in [5.41, 5.74) is 6.13. The van der Waals surface area contributed by atoms with Gasteiger partial charge < -0.3 is 14.1 Å². The number of aromatic nitrogens is 5. The zero-order valence-corrected chi connectivity index (χ0v) is 21.8. The Morgan fingerprint density at radius 3 is 2.27 bits per heavy atom. The number of hydrogen-bond acceptors (Lipinski definition) is 5. The standard InChI is InChI=1S/C34H23N5O2/c40-31-26-16-8-7-10-22(26)17-18-27(31)32-36-34-29-28(23-11-3-1-4-12-23)30(24-13-5-2-6-14-24)38(20-25-15-9-19-41-25)33(29)35-21-39(34)37-32/h1-19,21,40H,20H2. The van der Waals surface area contributed by atoms with E-state index in [9.17, 15) is 5.11 Å². The lowest BCUT2D eigenvalue weighted by molar-refractivity contribution is 0.483. The van der Waals surface area contributed by atoms with Crippen molar-refractivity contribution in [2.24, 2.45) is 0 Å². The first kappa shape index (κ1) is 23.2. The number of hydrogen-bond donors (Lipinski definition) is 1. The molecular formula is C34H23N5O2. The van der Waals surface area contributed by atoms with Gasteiger partial charge in [0.1, 0.15) is 23.5 Å². The molecule has 4 heterocycles. The monoisotopic (exact) mass is 533 g/mol. The molecule has 0 atom stereocenters. The molecule has 0 aliphatic heterocycles. The summed E-state index contributed by atoms with van der Waals surface area (Å²) in [6.07, 6.45) is 3.38. The van der Waals surface area contributed by atoms with Gasteiger partial charge in [0, 0.05) is 10.9 Å². The van der Waals surface area contributed by atoms with Crippen LogP contribution in [0.2, 0.25) is 0 Å². The smallest absolute Gasteiger partial charge is 0.185 e. The van der Waals surface area contributed by atoms with Crippen LogP contribution in [-0.2, 0) is 6.54 Å². The van der Waals surface area contributed by atoms with Crippen molar-refractivity contribution in [2.45, 2.75) is 6.54 Å². The van der Waals surface area contributed by atoms with Crippen molar-refractivity contribution in [1.29, 1.82) is 0 Å². The van der Waals surface area contributed by atoms with Crippen molar-refractivity contribution in [3.05, 3.63) is 128 Å². The lowest BCUT2D eigenvalue weighted by atomic mass is 9.99. The lowest BCUT2D eigenvalue weighted by Crippen LogP contribution is -2.03. The molecule has 4 aromatic carbocycles. The third-order valence-corrected chi connectivity index (χ3v) is 7.53. The number of nitrogens with zero attached hydrogens (tertiary/aromatic N) is 5. The number of phenolic OH excluding ortho intramolecular Hbond substituents is 1. The minimum Gasteiger partial charge on any atom is -0.507 e. The predicted octanol–water partition coefficient (Wildman–Crippen LogP) is 7.58. The van der Waals surface area contributed by atoms with E-state index in [1.807, 2.05) is 84.9 Å². The van der Waals surface area contributed by atoms with Gasteiger partial charge in [-0.1, -0.05) is 91.0 Å². The van der Waals surface area contributed by atoms with Crippen LogP contribution >= 0.6 is 0 Å². The van der Waals surface area contributed by atoms with Gasteiger partial charge in [0.15, 0.2) is 11.5 Å². The molecule has 7 nitrogen and oxygen atoms in total. The van der Waals surface area contributed by atoms with Gasteiger partial charge in [0.05, 0.1) is 29.5 Å². The van der Waals surface area contributed by atoms with Gasteiger partial charge in [-0.25, -0.2) is 14.5 Å². The van der Waals surface area contributed by atoms with Crippen LogP contribution in [0.15, 0.2) is 126 Å². The second-order valence-electron chi connectivity index (χ2n) is 9.95. The van der Waals surface area contributed by atoms with Crippen molar-refractivity contribution < 1.29 is 9.52 Å². The highest BCUT2D eigenvalue weighted by molar-refractivity contribution is 6.09. The quantitative estimate of drug-likeness (QED) is 0.247. The van der Waals surface area contributed by atoms with Gasteiger partial charge in [0.2, 0.25) is 0 Å². The summed E-state index contributed by atoms with van der Waals surface area (Å²) in [6.45, 7) is 0.496. The maximum atomic E-state index is 11.2. The zero-order chi connectivity index (χ0) is 27.3. The number of furan rings is 1. The van der Waals surface area contributed by atoms with Gasteiger partial charge >= 0.3 is 0 Å². The minimum absolute atomic E-state index is 0.159. The van der Waals surface area contributed by atoms with E-state index >= 15 is 0 Å². The minimum atomic E-state index is 0.159. The Morgan fingerprint density at radius 1 is 0.732 bits per heavy atom. The molecule has 0 radical (unpaired) electrons. The Kier molecular flexibility index (Phi) is 5.21. The molecule has 1 N–H and O–H groups in total. The van der Waals surface area contributed by atoms with Crippen LogP contribution in [0.25, 0.3) is 61.2 Å². The molecule has 0 bridgehead atoms. The summed E-state index contributed by atoms with van der Waals surface area (Å²) in [7, 11) is 0. The molecule has 8 rings (SSSR count). The highest BCUT2D eigenvalue weighted by atomic mass is 16.3. The summed E-state index contributed by atoms with van der Waals surface area (Å²) in [6, 6.07) is 36.1. The first-order valence-electron chi connectivity index (χ1n) is 13.4. The van der Waals surface area contributed by atoms with E-state index in [0.29, 0.717) is 23.6 Å². The molecule has 0 fully saturated rings. The van der Waals surface area contributed by atoms with Gasteiger partial charge in [-0.3, -0.25) is 0 Å². The normalized spacial score (nSPS) is 11.6. The molecule has 0 spiro atoms. The van der Waals surface area contributed by atoms with Gasteiger partial charge in [-0.2, -0.15) is 0 Å². The topological polar surface area (TPSA) is 81.4 Å². The number of benzene rings is 4. The van der Waals surface area contributed by atoms with E-state index in [1.54, 1.807) is 17.1 Å². The molecule has 8 aromatic rings. The average Bonchev–Trinajstić information content (AvgIpc) is 3.76. The zero-order valence-electron chi connectivity index (χ0n) is 21.8. The SMILES string of the molecule is Oc1c(-c2nc3c4c(-c5ccccc5)c(-c5ccccc5)n(Cc5ccco5)c4ncn3n2)ccc2ccccc12. The van der Waals surface area contributed by atoms with Crippen molar-refractivity contribution >= 4 is 27.5 Å². The van der Waals surface area contributed by atoms with E-state index < -0.39 is 0 Å². The molecule has 4 aromatic heterocycles. The first-order valence-corrected chi connectivity index (χ1v) is 13.4. The maximum Gasteiger partial charge on any atom is 0.185 e. The molecule has 0 saturated carbocycles. The van der Waals surface area contributed by atoms with E-state index in [0.717, 1.165) is 50.0 Å². The van der Waals surface area contributed by atoms with Crippen molar-refractivity contribution in [3.8, 4) is 39.5 Å². The van der Waals surface area contributed by atoms with Crippen LogP contribution in [-0.4, -0.2) is 29.3 Å². The molecule has 41 heavy (non-hydrogen) atoms. The molecule has 0 aliphatic rings. The average molecular weight is 534 g/mol. The molecule has 7 heteroatoms. The van der Waals surface area contributed by atoms with Crippen molar-refractivity contribution in [1.82, 2.24) is 24.1 Å². The lowest BCUT2D eigenvalue weighted by Gasteiger charge is -2.11. The number of rotatable bonds is 5. The Labute approximate surface area is 234 Å². The van der Waals surface area contributed by atoms with Crippen LogP contribution in [0.3, 0.4) is 0 Å². The third-order valence-electron chi connectivity index (χ3n) is 7.53. The van der Waals surface area contributed by atoms with Gasteiger partial charge in [-0.05, 0) is 34.7 Å². The molecule has 0 aliphatic carbocycles. The first-order chi connectivity index (χ1) is 20.3. The second kappa shape index (κ2) is 9.20. The summed E-state index contributed by atoms with van der Waals surface area (Å²) < 4.78 is 9.67. The van der Waals surface area contributed by atoms with Crippen molar-refractivity contribution in [2.75, 3.05) is 0 Å². The fraction of sp³-hybridized carbons (Fsp3) is 0.0294. The second-order valence-corrected chi connectivity index (χ2v) is 9.95. The number of aromatic hydroxyl groups is 1. The summed E-state index contributed by atoms with van der Waals surface area (Å²) >= 11 is 0. The van der Waals surface area contributed by atoms with Gasteiger partial charge in [0.25, 0.3) is 0 Å². The van der Waals surface area contributed by atoms with E-state index in [-0.39, 0.29) is 5.75 Å². The fourth-order valence-electron chi connectivity index (χ4n) is 5.68. The molecule has 0 saturated heterocycles. The largest absolute Gasteiger partial charge is 0.507 e. The highest BCUT2D eigenvalue weighted by Crippen LogP contribution is 2.43. The van der Waals surface area contributed by atoms with Crippen LogP contribution in [0.4, 0.5) is 0 Å². The Morgan fingerprint density at radius 2 is 1.49 bits per heavy atom. The molecule has 196 valence electrons.